The Morgan fingerprint density at radius 2 is 1.70 bits per heavy atom. The number of carbonyl (C=O) groups excluding carboxylic acids is 2. The van der Waals surface area contributed by atoms with Crippen molar-refractivity contribution in [1.29, 1.82) is 0 Å². The Balaban J connectivity index is 1.56. The van der Waals surface area contributed by atoms with Crippen LogP contribution in [0, 0.1) is 0 Å². The summed E-state index contributed by atoms with van der Waals surface area (Å²) in [6.07, 6.45) is 4.57. The maximum atomic E-state index is 12.5. The topological polar surface area (TPSA) is 70.6 Å². The van der Waals surface area contributed by atoms with E-state index >= 15 is 0 Å². The van der Waals surface area contributed by atoms with Crippen LogP contribution in [-0.4, -0.2) is 17.5 Å². The lowest BCUT2D eigenvalue weighted by Crippen LogP contribution is -2.22. The van der Waals surface area contributed by atoms with Gasteiger partial charge in [0.1, 0.15) is 0 Å². The van der Waals surface area contributed by atoms with Crippen LogP contribution in [0.15, 0.2) is 47.6 Å². The number of fused-ring (bicyclic) bond motifs is 1. The van der Waals surface area contributed by atoms with Gasteiger partial charge in [-0.2, -0.15) is 5.10 Å². The molecule has 0 radical (unpaired) electrons. The van der Waals surface area contributed by atoms with E-state index in [1.54, 1.807) is 19.1 Å². The van der Waals surface area contributed by atoms with Gasteiger partial charge in [0.05, 0.1) is 6.42 Å². The molecule has 0 heterocycles. The number of nitrogens with zero attached hydrogens (tertiary/aromatic N) is 1. The molecule has 2 aromatic carbocycles. The molecule has 1 aliphatic carbocycles. The van der Waals surface area contributed by atoms with Crippen molar-refractivity contribution in [3.8, 4) is 0 Å². The molecule has 30 heavy (non-hydrogen) atoms. The number of nitrogens with one attached hydrogen (secondary N) is 2. The molecule has 2 aromatic rings. The molecule has 0 unspecified atom stereocenters. The van der Waals surface area contributed by atoms with Crippen molar-refractivity contribution in [3.63, 3.8) is 0 Å². The molecule has 0 aliphatic heterocycles. The van der Waals surface area contributed by atoms with Crippen LogP contribution in [0.5, 0.6) is 0 Å². The zero-order valence-electron chi connectivity index (χ0n) is 18.3. The van der Waals surface area contributed by atoms with Crippen molar-refractivity contribution >= 4 is 23.2 Å². The van der Waals surface area contributed by atoms with E-state index in [0.717, 1.165) is 24.9 Å². The van der Waals surface area contributed by atoms with Crippen LogP contribution in [0.3, 0.4) is 0 Å². The number of hydrazone groups is 1. The minimum Gasteiger partial charge on any atom is -0.325 e. The van der Waals surface area contributed by atoms with Gasteiger partial charge in [-0.05, 0) is 72.9 Å². The number of benzene rings is 2. The molecular weight excluding hydrogens is 374 g/mol. The molecule has 2 N–H and O–H groups in total. The molecule has 0 bridgehead atoms. The molecule has 0 fully saturated rings. The third kappa shape index (κ3) is 5.56. The Morgan fingerprint density at radius 1 is 1.00 bits per heavy atom. The molecule has 0 saturated heterocycles. The first kappa shape index (κ1) is 21.8. The lowest BCUT2D eigenvalue weighted by Gasteiger charge is -2.19. The number of hydrogen-bond donors (Lipinski definition) is 2. The number of aryl methyl sites for hydroxylation is 1. The number of amides is 2. The minimum absolute atomic E-state index is 0.0368. The van der Waals surface area contributed by atoms with Crippen LogP contribution in [0.1, 0.15) is 74.0 Å². The Bertz CT molecular complexity index is 953. The highest BCUT2D eigenvalue weighted by Gasteiger charge is 2.16. The highest BCUT2D eigenvalue weighted by atomic mass is 16.2. The van der Waals surface area contributed by atoms with E-state index < -0.39 is 0 Å². The summed E-state index contributed by atoms with van der Waals surface area (Å²) in [5.41, 5.74) is 8.31. The first-order valence-corrected chi connectivity index (χ1v) is 10.6. The highest BCUT2D eigenvalue weighted by molar-refractivity contribution is 6.06. The van der Waals surface area contributed by atoms with Crippen LogP contribution >= 0.6 is 0 Å². The van der Waals surface area contributed by atoms with E-state index in [1.165, 1.54) is 23.1 Å². The van der Waals surface area contributed by atoms with Crippen molar-refractivity contribution in [3.05, 3.63) is 64.7 Å². The van der Waals surface area contributed by atoms with Gasteiger partial charge in [-0.1, -0.05) is 45.0 Å². The van der Waals surface area contributed by atoms with E-state index in [0.29, 0.717) is 11.3 Å². The molecule has 0 aromatic heterocycles. The SMILES string of the molecule is C/C(CC(=O)Nc1cccc2c1CCCC2)=N/NC(=O)c1ccc(C(C)(C)C)cc1. The lowest BCUT2D eigenvalue weighted by molar-refractivity contribution is -0.115. The Morgan fingerprint density at radius 3 is 2.40 bits per heavy atom. The Kier molecular flexibility index (Phi) is 6.70. The van der Waals surface area contributed by atoms with Gasteiger partial charge < -0.3 is 5.32 Å². The summed E-state index contributed by atoms with van der Waals surface area (Å²) in [6, 6.07) is 13.6. The largest absolute Gasteiger partial charge is 0.325 e. The van der Waals surface area contributed by atoms with Crippen molar-refractivity contribution in [2.75, 3.05) is 5.32 Å². The van der Waals surface area contributed by atoms with Gasteiger partial charge in [0.15, 0.2) is 0 Å². The minimum atomic E-state index is -0.285. The summed E-state index contributed by atoms with van der Waals surface area (Å²) in [4.78, 5) is 24.8. The van der Waals surface area contributed by atoms with Crippen LogP contribution in [0.25, 0.3) is 0 Å². The molecule has 2 amide bonds. The fraction of sp³-hybridized carbons (Fsp3) is 0.400. The summed E-state index contributed by atoms with van der Waals surface area (Å²) >= 11 is 0. The van der Waals surface area contributed by atoms with E-state index in [-0.39, 0.29) is 23.7 Å². The molecule has 3 rings (SSSR count). The highest BCUT2D eigenvalue weighted by Crippen LogP contribution is 2.28. The lowest BCUT2D eigenvalue weighted by atomic mass is 9.87. The number of hydrogen-bond acceptors (Lipinski definition) is 3. The number of carbonyl (C=O) groups is 2. The maximum Gasteiger partial charge on any atom is 0.271 e. The van der Waals surface area contributed by atoms with E-state index in [4.69, 9.17) is 0 Å². The molecule has 0 saturated carbocycles. The normalized spacial score (nSPS) is 14.1. The van der Waals surface area contributed by atoms with Crippen LogP contribution in [0.2, 0.25) is 0 Å². The number of rotatable bonds is 5. The maximum absolute atomic E-state index is 12.5. The van der Waals surface area contributed by atoms with Gasteiger partial charge in [-0.25, -0.2) is 5.43 Å². The van der Waals surface area contributed by atoms with Crippen LogP contribution < -0.4 is 10.7 Å². The van der Waals surface area contributed by atoms with Gasteiger partial charge in [0, 0.05) is 17.0 Å². The average Bonchev–Trinajstić information content (AvgIpc) is 2.71. The summed E-state index contributed by atoms with van der Waals surface area (Å²) in [5, 5.41) is 7.11. The first-order valence-electron chi connectivity index (χ1n) is 10.6. The first-order chi connectivity index (χ1) is 14.2. The van der Waals surface area contributed by atoms with Gasteiger partial charge in [0.2, 0.25) is 5.91 Å². The van der Waals surface area contributed by atoms with Gasteiger partial charge in [-0.3, -0.25) is 9.59 Å². The molecule has 5 heteroatoms. The van der Waals surface area contributed by atoms with E-state index in [2.05, 4.69) is 42.7 Å². The molecular formula is C25H31N3O2. The van der Waals surface area contributed by atoms with Gasteiger partial charge >= 0.3 is 0 Å². The summed E-state index contributed by atoms with van der Waals surface area (Å²) < 4.78 is 0. The predicted octanol–water partition coefficient (Wildman–Crippen LogP) is 5.00. The fourth-order valence-electron chi connectivity index (χ4n) is 3.70. The summed E-state index contributed by atoms with van der Waals surface area (Å²) in [5.74, 6) is -0.411. The Labute approximate surface area is 179 Å². The zero-order chi connectivity index (χ0) is 21.7. The molecule has 1 aliphatic rings. The standard InChI is InChI=1S/C25H31N3O2/c1-17(27-28-24(30)19-12-14-20(15-13-19)25(2,3)4)16-23(29)26-22-11-7-9-18-8-5-6-10-21(18)22/h7,9,11-15H,5-6,8,10,16H2,1-4H3,(H,26,29)(H,28,30)/b27-17-. The zero-order valence-corrected chi connectivity index (χ0v) is 18.3. The second-order valence-corrected chi connectivity index (χ2v) is 8.99. The second kappa shape index (κ2) is 9.24. The monoisotopic (exact) mass is 405 g/mol. The summed E-state index contributed by atoms with van der Waals surface area (Å²) in [6.45, 7) is 8.13. The molecule has 0 spiro atoms. The van der Waals surface area contributed by atoms with E-state index in [1.807, 2.05) is 24.3 Å². The molecule has 0 atom stereocenters. The molecule has 5 nitrogen and oxygen atoms in total. The Hall–Kier alpha value is -2.95. The van der Waals surface area contributed by atoms with Crippen LogP contribution in [0.4, 0.5) is 5.69 Å². The summed E-state index contributed by atoms with van der Waals surface area (Å²) in [7, 11) is 0. The second-order valence-electron chi connectivity index (χ2n) is 8.99. The third-order valence-corrected chi connectivity index (χ3v) is 5.45. The third-order valence-electron chi connectivity index (χ3n) is 5.45. The van der Waals surface area contributed by atoms with Gasteiger partial charge in [0.25, 0.3) is 5.91 Å². The fourth-order valence-corrected chi connectivity index (χ4v) is 3.70. The van der Waals surface area contributed by atoms with Crippen LogP contribution in [-0.2, 0) is 23.1 Å². The van der Waals surface area contributed by atoms with Crippen molar-refractivity contribution in [2.45, 2.75) is 65.2 Å². The van der Waals surface area contributed by atoms with E-state index in [9.17, 15) is 9.59 Å². The van der Waals surface area contributed by atoms with Crippen molar-refractivity contribution < 1.29 is 9.59 Å². The van der Waals surface area contributed by atoms with Crippen molar-refractivity contribution in [2.24, 2.45) is 5.10 Å². The quantitative estimate of drug-likeness (QED) is 0.543. The predicted molar refractivity (Wildman–Crippen MR) is 122 cm³/mol. The van der Waals surface area contributed by atoms with Gasteiger partial charge in [-0.15, -0.1) is 0 Å². The average molecular weight is 406 g/mol. The smallest absolute Gasteiger partial charge is 0.271 e. The molecule has 158 valence electrons. The number of anilines is 1. The van der Waals surface area contributed by atoms with Crippen molar-refractivity contribution in [1.82, 2.24) is 5.43 Å².